The van der Waals surface area contributed by atoms with Gasteiger partial charge in [-0.15, -0.1) is 11.6 Å². The second kappa shape index (κ2) is 4.75. The molecule has 5 heteroatoms. The van der Waals surface area contributed by atoms with E-state index in [0.717, 1.165) is 5.65 Å². The van der Waals surface area contributed by atoms with Gasteiger partial charge in [0.1, 0.15) is 5.65 Å². The van der Waals surface area contributed by atoms with Gasteiger partial charge >= 0.3 is 0 Å². The Morgan fingerprint density at radius 2 is 2.00 bits per heavy atom. The fourth-order valence-corrected chi connectivity index (χ4v) is 1.21. The first-order valence-corrected chi connectivity index (χ1v) is 5.16. The summed E-state index contributed by atoms with van der Waals surface area (Å²) in [5, 5.41) is 0. The maximum absolute atomic E-state index is 5.71. The second-order valence-electron chi connectivity index (χ2n) is 2.86. The molecule has 2 aromatic heterocycles. The first kappa shape index (κ1) is 12.2. The van der Waals surface area contributed by atoms with Crippen LogP contribution in [-0.2, 0) is 4.67 Å². The number of pyridine rings is 1. The molecule has 0 N–H and O–H groups in total. The molecule has 2 nitrogen and oxygen atoms in total. The van der Waals surface area contributed by atoms with Crippen molar-refractivity contribution < 1.29 is 0 Å². The van der Waals surface area contributed by atoms with Crippen LogP contribution < -0.4 is 0 Å². The highest BCUT2D eigenvalue weighted by atomic mass is 35.5. The molecule has 0 unspecified atom stereocenters. The molecule has 4 radical (unpaired) electrons. The van der Waals surface area contributed by atoms with Gasteiger partial charge in [0.05, 0.1) is 21.4 Å². The van der Waals surface area contributed by atoms with Crippen LogP contribution >= 0.6 is 11.6 Å². The largest absolute Gasteiger partial charge is 0.307 e. The Labute approximate surface area is 97.5 Å². The highest BCUT2D eigenvalue weighted by molar-refractivity contribution is 6.61. The molecule has 2 aromatic rings. The lowest BCUT2D eigenvalue weighted by Gasteiger charge is -2.11. The fourth-order valence-electron chi connectivity index (χ4n) is 1.12. The van der Waals surface area contributed by atoms with E-state index >= 15 is 0 Å². The van der Waals surface area contributed by atoms with Gasteiger partial charge in [0.2, 0.25) is 0 Å². The Balaban J connectivity index is 0.000000531. The minimum absolute atomic E-state index is 0.459. The summed E-state index contributed by atoms with van der Waals surface area (Å²) in [5.41, 5.74) is 1.23. The van der Waals surface area contributed by atoms with E-state index in [1.807, 2.05) is 42.6 Å². The molecule has 0 aliphatic carbocycles. The Kier molecular flexibility index (Phi) is 3.86. The number of hydrogen-bond acceptors (Lipinski definition) is 1. The van der Waals surface area contributed by atoms with Gasteiger partial charge in [-0.1, -0.05) is 19.9 Å². The zero-order chi connectivity index (χ0) is 11.5. The van der Waals surface area contributed by atoms with Crippen LogP contribution in [0.2, 0.25) is 0 Å². The Bertz CT molecular complexity index is 401. The van der Waals surface area contributed by atoms with E-state index in [1.165, 1.54) is 0 Å². The lowest BCUT2D eigenvalue weighted by Crippen LogP contribution is -2.18. The third-order valence-electron chi connectivity index (χ3n) is 1.76. The first-order chi connectivity index (χ1) is 7.07. The van der Waals surface area contributed by atoms with E-state index in [4.69, 9.17) is 27.3 Å². The van der Waals surface area contributed by atoms with E-state index in [9.17, 15) is 0 Å². The molecule has 0 fully saturated rings. The second-order valence-corrected chi connectivity index (χ2v) is 3.49. The predicted octanol–water partition coefficient (Wildman–Crippen LogP) is 2.05. The van der Waals surface area contributed by atoms with Crippen molar-refractivity contribution in [1.82, 2.24) is 9.38 Å². The van der Waals surface area contributed by atoms with Gasteiger partial charge < -0.3 is 4.40 Å². The molecular weight excluding hydrogens is 205 g/mol. The molecule has 2 heterocycles. The summed E-state index contributed by atoms with van der Waals surface area (Å²) in [7, 11) is 11.0. The lowest BCUT2D eigenvalue weighted by molar-refractivity contribution is 1.13. The summed E-state index contributed by atoms with van der Waals surface area (Å²) in [4.78, 5) is 4.16. The molecule has 0 saturated heterocycles. The number of halogens is 1. The number of aromatic nitrogens is 2. The van der Waals surface area contributed by atoms with Crippen LogP contribution in [-0.4, -0.2) is 25.1 Å². The average Bonchev–Trinajstić information content (AvgIpc) is 2.63. The van der Waals surface area contributed by atoms with Crippen molar-refractivity contribution in [3.8, 4) is 0 Å². The number of hydrogen-bond donors (Lipinski definition) is 0. The van der Waals surface area contributed by atoms with Gasteiger partial charge in [0.15, 0.2) is 0 Å². The third-order valence-corrected chi connectivity index (χ3v) is 1.95. The SMILES string of the molecule is CC.[B]C([B])(Cl)c1cn2ccccc2n1. The highest BCUT2D eigenvalue weighted by Gasteiger charge is 2.18. The number of nitrogens with zero attached hydrogens (tertiary/aromatic N) is 2. The van der Waals surface area contributed by atoms with Gasteiger partial charge in [-0.3, -0.25) is 0 Å². The zero-order valence-corrected chi connectivity index (χ0v) is 9.57. The van der Waals surface area contributed by atoms with Crippen molar-refractivity contribution in [3.05, 3.63) is 36.3 Å². The minimum atomic E-state index is -1.40. The van der Waals surface area contributed by atoms with Crippen LogP contribution in [0.4, 0.5) is 0 Å². The normalized spacial score (nSPS) is 10.9. The molecule has 0 saturated carbocycles. The predicted molar refractivity (Wildman–Crippen MR) is 65.6 cm³/mol. The highest BCUT2D eigenvalue weighted by Crippen LogP contribution is 2.20. The van der Waals surface area contributed by atoms with Crippen LogP contribution in [0, 0.1) is 0 Å². The van der Waals surface area contributed by atoms with Gasteiger partial charge in [0.25, 0.3) is 0 Å². The molecule has 0 aromatic carbocycles. The Morgan fingerprint density at radius 1 is 1.33 bits per heavy atom. The van der Waals surface area contributed by atoms with Crippen LogP contribution in [0.1, 0.15) is 19.5 Å². The summed E-state index contributed by atoms with van der Waals surface area (Å²) in [6, 6.07) is 5.63. The molecule has 15 heavy (non-hydrogen) atoms. The van der Waals surface area contributed by atoms with E-state index < -0.39 is 4.67 Å². The summed E-state index contributed by atoms with van der Waals surface area (Å²) < 4.78 is 0.415. The van der Waals surface area contributed by atoms with Crippen molar-refractivity contribution in [2.45, 2.75) is 18.5 Å². The van der Waals surface area contributed by atoms with Gasteiger partial charge in [0, 0.05) is 17.1 Å². The summed E-state index contributed by atoms with van der Waals surface area (Å²) in [6.07, 6.45) is 3.57. The van der Waals surface area contributed by atoms with Gasteiger partial charge in [-0.05, 0) is 12.1 Å². The van der Waals surface area contributed by atoms with Crippen molar-refractivity contribution >= 4 is 32.9 Å². The molecule has 2 rings (SSSR count). The summed E-state index contributed by atoms with van der Waals surface area (Å²) >= 11 is 5.71. The fraction of sp³-hybridized carbons (Fsp3) is 0.300. The monoisotopic (exact) mass is 216 g/mol. The zero-order valence-electron chi connectivity index (χ0n) is 8.81. The van der Waals surface area contributed by atoms with Crippen molar-refractivity contribution in [2.24, 2.45) is 0 Å². The van der Waals surface area contributed by atoms with Crippen molar-refractivity contribution in [3.63, 3.8) is 0 Å². The van der Waals surface area contributed by atoms with Crippen LogP contribution in [0.25, 0.3) is 5.65 Å². The van der Waals surface area contributed by atoms with Gasteiger partial charge in [-0.2, -0.15) is 0 Å². The van der Waals surface area contributed by atoms with Gasteiger partial charge in [-0.25, -0.2) is 4.98 Å². The first-order valence-electron chi connectivity index (χ1n) is 4.78. The quantitative estimate of drug-likeness (QED) is 0.527. The topological polar surface area (TPSA) is 17.3 Å². The lowest BCUT2D eigenvalue weighted by atomic mass is 9.68. The van der Waals surface area contributed by atoms with Crippen LogP contribution in [0.15, 0.2) is 30.6 Å². The number of alkyl halides is 1. The van der Waals surface area contributed by atoms with Crippen molar-refractivity contribution in [1.29, 1.82) is 0 Å². The summed E-state index contributed by atoms with van der Waals surface area (Å²) in [6.45, 7) is 4.00. The van der Waals surface area contributed by atoms with Crippen molar-refractivity contribution in [2.75, 3.05) is 0 Å². The van der Waals surface area contributed by atoms with E-state index in [0.29, 0.717) is 5.69 Å². The minimum Gasteiger partial charge on any atom is -0.307 e. The molecular formula is C10H11B2ClN2. The Morgan fingerprint density at radius 3 is 2.53 bits per heavy atom. The van der Waals surface area contributed by atoms with Crippen LogP contribution in [0.5, 0.6) is 0 Å². The third kappa shape index (κ3) is 2.78. The molecule has 0 atom stereocenters. The number of imidazole rings is 1. The summed E-state index contributed by atoms with van der Waals surface area (Å²) in [5.74, 6) is 0. The molecule has 0 aliphatic rings. The molecule has 0 spiro atoms. The number of rotatable bonds is 1. The molecule has 74 valence electrons. The maximum Gasteiger partial charge on any atom is 0.136 e. The Hall–Kier alpha value is -0.890. The van der Waals surface area contributed by atoms with E-state index in [2.05, 4.69) is 4.98 Å². The smallest absolute Gasteiger partial charge is 0.136 e. The molecule has 0 bridgehead atoms. The maximum atomic E-state index is 5.71. The van der Waals surface area contributed by atoms with Crippen LogP contribution in [0.3, 0.4) is 0 Å². The van der Waals surface area contributed by atoms with E-state index in [-0.39, 0.29) is 0 Å². The number of fused-ring (bicyclic) bond motifs is 1. The average molecular weight is 216 g/mol. The molecule has 0 aliphatic heterocycles. The molecule has 0 amide bonds. The standard InChI is InChI=1S/C8H5B2ClN2.C2H6/c9-8(10,11)6-5-13-4-2-1-3-7(13)12-6;1-2/h1-5H;1-2H3. The van der Waals surface area contributed by atoms with E-state index in [1.54, 1.807) is 6.20 Å².